The molecule has 1 rings (SSSR count). The number of likely N-dealkylation sites (N-methyl/N-ethyl adjacent to an activating group) is 1. The summed E-state index contributed by atoms with van der Waals surface area (Å²) in [6, 6.07) is 9.42. The van der Waals surface area contributed by atoms with E-state index in [2.05, 4.69) is 5.32 Å². The minimum absolute atomic E-state index is 0.224. The van der Waals surface area contributed by atoms with Gasteiger partial charge >= 0.3 is 5.97 Å². The van der Waals surface area contributed by atoms with Crippen molar-refractivity contribution in [3.05, 3.63) is 35.9 Å². The van der Waals surface area contributed by atoms with Crippen molar-refractivity contribution in [3.8, 4) is 0 Å². The Hall–Kier alpha value is -1.84. The van der Waals surface area contributed by atoms with E-state index < -0.39 is 0 Å². The summed E-state index contributed by atoms with van der Waals surface area (Å²) in [5.41, 5.74) is 0.914. The molecule has 0 aliphatic heterocycles. The van der Waals surface area contributed by atoms with Crippen molar-refractivity contribution >= 4 is 11.9 Å². The summed E-state index contributed by atoms with van der Waals surface area (Å²) in [5, 5.41) is 2.40. The Labute approximate surface area is 101 Å². The van der Waals surface area contributed by atoms with Crippen molar-refractivity contribution in [3.63, 3.8) is 0 Å². The predicted octanol–water partition coefficient (Wildman–Crippen LogP) is 1.47. The highest BCUT2D eigenvalue weighted by atomic mass is 16.5. The molecule has 0 heterocycles. The number of carbonyl (C=O) groups excluding carboxylic acids is 2. The maximum atomic E-state index is 11.8. The lowest BCUT2D eigenvalue weighted by Gasteiger charge is -2.13. The molecule has 0 aliphatic rings. The minimum Gasteiger partial charge on any atom is -0.455 e. The quantitative estimate of drug-likeness (QED) is 0.786. The van der Waals surface area contributed by atoms with Crippen LogP contribution in [0.5, 0.6) is 0 Å². The molecule has 1 aromatic rings. The third kappa shape index (κ3) is 3.90. The molecule has 1 N–H and O–H groups in total. The molecule has 92 valence electrons. The number of hydrogen-bond acceptors (Lipinski definition) is 3. The molecule has 0 fully saturated rings. The molecule has 0 saturated carbocycles. The summed E-state index contributed by atoms with van der Waals surface area (Å²) >= 11 is 0. The molecule has 0 aliphatic carbocycles. The Morgan fingerprint density at radius 3 is 2.47 bits per heavy atom. The van der Waals surface area contributed by atoms with E-state index in [1.54, 1.807) is 0 Å². The van der Waals surface area contributed by atoms with Gasteiger partial charge in [-0.2, -0.15) is 0 Å². The van der Waals surface area contributed by atoms with Gasteiger partial charge < -0.3 is 10.1 Å². The highest BCUT2D eigenvalue weighted by Gasteiger charge is 2.20. The number of nitrogens with one attached hydrogen (secondary N) is 1. The molecular formula is C13H17NO3. The topological polar surface area (TPSA) is 55.4 Å². The van der Waals surface area contributed by atoms with E-state index in [0.29, 0.717) is 6.42 Å². The Bertz CT molecular complexity index is 376. The molecule has 1 amide bonds. The van der Waals surface area contributed by atoms with Crippen LogP contribution in [-0.4, -0.2) is 25.5 Å². The van der Waals surface area contributed by atoms with Crippen LogP contribution in [0.15, 0.2) is 30.3 Å². The summed E-state index contributed by atoms with van der Waals surface area (Å²) in [7, 11) is 1.50. The van der Waals surface area contributed by atoms with Crippen LogP contribution in [0.3, 0.4) is 0 Å². The van der Waals surface area contributed by atoms with Crippen molar-refractivity contribution < 1.29 is 14.3 Å². The zero-order valence-corrected chi connectivity index (χ0v) is 10.1. The van der Waals surface area contributed by atoms with Crippen molar-refractivity contribution in [1.29, 1.82) is 0 Å². The lowest BCUT2D eigenvalue weighted by atomic mass is 9.97. The van der Waals surface area contributed by atoms with Crippen LogP contribution in [0.1, 0.15) is 24.8 Å². The van der Waals surface area contributed by atoms with Crippen LogP contribution < -0.4 is 5.32 Å². The summed E-state index contributed by atoms with van der Waals surface area (Å²) in [6.07, 6.45) is 0.649. The first-order chi connectivity index (χ1) is 8.19. The van der Waals surface area contributed by atoms with E-state index in [9.17, 15) is 9.59 Å². The molecule has 17 heavy (non-hydrogen) atoms. The van der Waals surface area contributed by atoms with Gasteiger partial charge in [-0.05, 0) is 12.0 Å². The average molecular weight is 235 g/mol. The number of rotatable bonds is 5. The lowest BCUT2D eigenvalue weighted by molar-refractivity contribution is -0.150. The number of carbonyl (C=O) groups is 2. The third-order valence-corrected chi connectivity index (χ3v) is 2.52. The molecule has 1 unspecified atom stereocenters. The fourth-order valence-electron chi connectivity index (χ4n) is 1.53. The normalized spacial score (nSPS) is 11.6. The van der Waals surface area contributed by atoms with Gasteiger partial charge in [0.25, 0.3) is 5.91 Å². The standard InChI is InChI=1S/C13H17NO3/c1-3-11(10-7-5-4-6-8-10)13(16)17-9-12(15)14-2/h4-8,11H,3,9H2,1-2H3,(H,14,15). The Morgan fingerprint density at radius 1 is 1.29 bits per heavy atom. The molecule has 0 aromatic heterocycles. The van der Waals surface area contributed by atoms with E-state index in [4.69, 9.17) is 4.74 Å². The van der Waals surface area contributed by atoms with Crippen LogP contribution in [0.25, 0.3) is 0 Å². The van der Waals surface area contributed by atoms with Gasteiger partial charge in [0, 0.05) is 7.05 Å². The molecule has 1 atom stereocenters. The summed E-state index contributed by atoms with van der Waals surface area (Å²) < 4.78 is 4.95. The maximum absolute atomic E-state index is 11.8. The number of ether oxygens (including phenoxy) is 1. The number of hydrogen-bond donors (Lipinski definition) is 1. The molecular weight excluding hydrogens is 218 g/mol. The fourth-order valence-corrected chi connectivity index (χ4v) is 1.53. The van der Waals surface area contributed by atoms with Crippen LogP contribution in [-0.2, 0) is 14.3 Å². The first kappa shape index (κ1) is 13.2. The second-order valence-corrected chi connectivity index (χ2v) is 3.65. The molecule has 0 saturated heterocycles. The molecule has 4 heteroatoms. The smallest absolute Gasteiger partial charge is 0.313 e. The van der Waals surface area contributed by atoms with Gasteiger partial charge in [0.2, 0.25) is 0 Å². The number of benzene rings is 1. The Balaban J connectivity index is 2.62. The van der Waals surface area contributed by atoms with Crippen molar-refractivity contribution in [1.82, 2.24) is 5.32 Å². The van der Waals surface area contributed by atoms with E-state index >= 15 is 0 Å². The van der Waals surface area contributed by atoms with Gasteiger partial charge in [-0.1, -0.05) is 37.3 Å². The van der Waals surface area contributed by atoms with E-state index in [-0.39, 0.29) is 24.4 Å². The van der Waals surface area contributed by atoms with Gasteiger partial charge in [0.15, 0.2) is 6.61 Å². The Kier molecular flexibility index (Phi) is 5.20. The van der Waals surface area contributed by atoms with Crippen LogP contribution >= 0.6 is 0 Å². The summed E-state index contributed by atoms with van der Waals surface area (Å²) in [4.78, 5) is 22.8. The summed E-state index contributed by atoms with van der Waals surface area (Å²) in [5.74, 6) is -0.968. The molecule has 0 bridgehead atoms. The van der Waals surface area contributed by atoms with Crippen LogP contribution in [0, 0.1) is 0 Å². The predicted molar refractivity (Wildman–Crippen MR) is 64.5 cm³/mol. The SMILES string of the molecule is CCC(C(=O)OCC(=O)NC)c1ccccc1. The second-order valence-electron chi connectivity index (χ2n) is 3.65. The lowest BCUT2D eigenvalue weighted by Crippen LogP contribution is -2.27. The van der Waals surface area contributed by atoms with Crippen LogP contribution in [0.4, 0.5) is 0 Å². The molecule has 1 aromatic carbocycles. The monoisotopic (exact) mass is 235 g/mol. The van der Waals surface area contributed by atoms with Crippen LogP contribution in [0.2, 0.25) is 0 Å². The van der Waals surface area contributed by atoms with E-state index in [1.165, 1.54) is 7.05 Å². The number of esters is 1. The van der Waals surface area contributed by atoms with Gasteiger partial charge in [-0.3, -0.25) is 9.59 Å². The van der Waals surface area contributed by atoms with Gasteiger partial charge in [-0.15, -0.1) is 0 Å². The summed E-state index contributed by atoms with van der Waals surface area (Å²) in [6.45, 7) is 1.69. The first-order valence-electron chi connectivity index (χ1n) is 5.61. The second kappa shape index (κ2) is 6.68. The zero-order chi connectivity index (χ0) is 12.7. The zero-order valence-electron chi connectivity index (χ0n) is 10.1. The molecule has 0 spiro atoms. The number of amides is 1. The minimum atomic E-state index is -0.359. The Morgan fingerprint density at radius 2 is 1.94 bits per heavy atom. The van der Waals surface area contributed by atoms with Crippen molar-refractivity contribution in [2.45, 2.75) is 19.3 Å². The third-order valence-electron chi connectivity index (χ3n) is 2.52. The maximum Gasteiger partial charge on any atom is 0.313 e. The van der Waals surface area contributed by atoms with Crippen molar-refractivity contribution in [2.75, 3.05) is 13.7 Å². The first-order valence-corrected chi connectivity index (χ1v) is 5.61. The van der Waals surface area contributed by atoms with Crippen molar-refractivity contribution in [2.24, 2.45) is 0 Å². The molecule has 0 radical (unpaired) electrons. The van der Waals surface area contributed by atoms with Gasteiger partial charge in [-0.25, -0.2) is 0 Å². The molecule has 4 nitrogen and oxygen atoms in total. The van der Waals surface area contributed by atoms with Gasteiger partial charge in [0.05, 0.1) is 5.92 Å². The highest BCUT2D eigenvalue weighted by molar-refractivity contribution is 5.83. The van der Waals surface area contributed by atoms with Gasteiger partial charge in [0.1, 0.15) is 0 Å². The average Bonchev–Trinajstić information content (AvgIpc) is 2.38. The van der Waals surface area contributed by atoms with E-state index in [0.717, 1.165) is 5.56 Å². The van der Waals surface area contributed by atoms with E-state index in [1.807, 2.05) is 37.3 Å². The fraction of sp³-hybridized carbons (Fsp3) is 0.385. The highest BCUT2D eigenvalue weighted by Crippen LogP contribution is 2.20. The largest absolute Gasteiger partial charge is 0.455 e.